The molecule has 1 saturated heterocycles. The molecular formula is C15H21N5OS. The van der Waals surface area contributed by atoms with E-state index in [0.29, 0.717) is 5.75 Å². The molecule has 118 valence electrons. The Morgan fingerprint density at radius 1 is 1.23 bits per heavy atom. The third-order valence-electron chi connectivity index (χ3n) is 4.53. The van der Waals surface area contributed by atoms with E-state index >= 15 is 0 Å². The maximum atomic E-state index is 12.5. The normalized spacial score (nSPS) is 21.0. The second kappa shape index (κ2) is 6.16. The first-order chi connectivity index (χ1) is 10.7. The van der Waals surface area contributed by atoms with Crippen molar-refractivity contribution in [3.8, 4) is 5.69 Å². The van der Waals surface area contributed by atoms with Crippen LogP contribution >= 0.6 is 0 Å². The zero-order chi connectivity index (χ0) is 15.6. The first-order valence-electron chi connectivity index (χ1n) is 7.67. The second-order valence-electron chi connectivity index (χ2n) is 5.59. The molecule has 0 aliphatic carbocycles. The van der Waals surface area contributed by atoms with Crippen molar-refractivity contribution >= 4 is 16.7 Å². The van der Waals surface area contributed by atoms with Crippen LogP contribution in [0.4, 0.5) is 5.95 Å². The quantitative estimate of drug-likeness (QED) is 0.860. The van der Waals surface area contributed by atoms with Gasteiger partial charge in [0.15, 0.2) is 0 Å². The van der Waals surface area contributed by atoms with Crippen molar-refractivity contribution in [3.63, 3.8) is 0 Å². The number of benzene rings is 1. The van der Waals surface area contributed by atoms with Crippen molar-refractivity contribution in [3.05, 3.63) is 30.3 Å². The highest BCUT2D eigenvalue weighted by Crippen LogP contribution is 2.30. The van der Waals surface area contributed by atoms with E-state index in [-0.39, 0.29) is 4.75 Å². The van der Waals surface area contributed by atoms with Crippen LogP contribution in [0.3, 0.4) is 0 Å². The summed E-state index contributed by atoms with van der Waals surface area (Å²) in [5, 5.41) is 12.2. The molecule has 6 nitrogen and oxygen atoms in total. The van der Waals surface area contributed by atoms with Crippen molar-refractivity contribution in [2.75, 3.05) is 23.7 Å². The van der Waals surface area contributed by atoms with E-state index in [1.807, 2.05) is 30.3 Å². The lowest BCUT2D eigenvalue weighted by molar-refractivity contribution is 0.490. The fraction of sp³-hybridized carbons (Fsp3) is 0.533. The Morgan fingerprint density at radius 3 is 2.64 bits per heavy atom. The number of tetrazole rings is 1. The summed E-state index contributed by atoms with van der Waals surface area (Å²) < 4.78 is 14.1. The van der Waals surface area contributed by atoms with Gasteiger partial charge in [-0.2, -0.15) is 4.68 Å². The molecule has 2 aromatic rings. The highest BCUT2D eigenvalue weighted by atomic mass is 32.2. The van der Waals surface area contributed by atoms with E-state index in [2.05, 4.69) is 34.3 Å². The number of para-hydroxylation sites is 1. The molecule has 0 N–H and O–H groups in total. The lowest BCUT2D eigenvalue weighted by Gasteiger charge is -2.41. The first kappa shape index (κ1) is 15.1. The summed E-state index contributed by atoms with van der Waals surface area (Å²) in [6.07, 6.45) is 1.80. The van der Waals surface area contributed by atoms with Crippen molar-refractivity contribution in [2.24, 2.45) is 0 Å². The molecule has 0 radical (unpaired) electrons. The first-order valence-corrected chi connectivity index (χ1v) is 8.99. The molecule has 0 saturated carbocycles. The molecule has 1 unspecified atom stereocenters. The van der Waals surface area contributed by atoms with E-state index in [9.17, 15) is 4.21 Å². The van der Waals surface area contributed by atoms with Gasteiger partial charge in [0.2, 0.25) is 5.95 Å². The van der Waals surface area contributed by atoms with E-state index in [4.69, 9.17) is 0 Å². The van der Waals surface area contributed by atoms with Gasteiger partial charge in [-0.3, -0.25) is 4.21 Å². The summed E-state index contributed by atoms with van der Waals surface area (Å²) in [5.74, 6) is 1.40. The van der Waals surface area contributed by atoms with Gasteiger partial charge in [-0.05, 0) is 35.4 Å². The lowest BCUT2D eigenvalue weighted by Crippen LogP contribution is -2.53. The van der Waals surface area contributed by atoms with Crippen molar-refractivity contribution in [2.45, 2.75) is 31.4 Å². The number of hydrogen-bond donors (Lipinski definition) is 0. The van der Waals surface area contributed by atoms with Crippen LogP contribution in [-0.2, 0) is 10.8 Å². The Labute approximate surface area is 133 Å². The smallest absolute Gasteiger partial charge is 0.250 e. The number of rotatable bonds is 4. The minimum absolute atomic E-state index is 0.161. The van der Waals surface area contributed by atoms with E-state index in [1.165, 1.54) is 0 Å². The summed E-state index contributed by atoms with van der Waals surface area (Å²) in [7, 11) is -0.790. The van der Waals surface area contributed by atoms with Gasteiger partial charge >= 0.3 is 0 Å². The van der Waals surface area contributed by atoms with Crippen molar-refractivity contribution < 1.29 is 4.21 Å². The van der Waals surface area contributed by atoms with Crippen molar-refractivity contribution in [1.29, 1.82) is 0 Å². The Hall–Kier alpha value is -1.76. The summed E-state index contributed by atoms with van der Waals surface area (Å²) in [6, 6.07) is 9.86. The molecule has 0 bridgehead atoms. The standard InChI is InChI=1S/C15H21N5OS/c1-3-15(4-2)12-19(10-11-22(15)21)14-16-17-18-20(14)13-8-6-5-7-9-13/h5-9H,3-4,10-12H2,1-2H3. The zero-order valence-corrected chi connectivity index (χ0v) is 13.8. The number of aromatic nitrogens is 4. The predicted molar refractivity (Wildman–Crippen MR) is 87.7 cm³/mol. The molecule has 22 heavy (non-hydrogen) atoms. The fourth-order valence-electron chi connectivity index (χ4n) is 2.99. The molecule has 1 aromatic heterocycles. The van der Waals surface area contributed by atoms with Crippen LogP contribution in [0.1, 0.15) is 26.7 Å². The van der Waals surface area contributed by atoms with E-state index in [1.54, 1.807) is 4.68 Å². The zero-order valence-electron chi connectivity index (χ0n) is 13.0. The summed E-state index contributed by atoms with van der Waals surface area (Å²) >= 11 is 0. The lowest BCUT2D eigenvalue weighted by atomic mass is 10.0. The van der Waals surface area contributed by atoms with Gasteiger partial charge in [0, 0.05) is 29.6 Å². The van der Waals surface area contributed by atoms with Gasteiger partial charge in [0.05, 0.1) is 10.4 Å². The Balaban J connectivity index is 1.93. The average molecular weight is 319 g/mol. The third kappa shape index (κ3) is 2.54. The van der Waals surface area contributed by atoms with Gasteiger partial charge in [0.25, 0.3) is 0 Å². The molecule has 0 spiro atoms. The Morgan fingerprint density at radius 2 is 1.95 bits per heavy atom. The van der Waals surface area contributed by atoms with Crippen LogP contribution < -0.4 is 4.90 Å². The van der Waals surface area contributed by atoms with Crippen LogP contribution in [0, 0.1) is 0 Å². The predicted octanol–water partition coefficient (Wildman–Crippen LogP) is 1.79. The second-order valence-corrected chi connectivity index (χ2v) is 7.55. The summed E-state index contributed by atoms with van der Waals surface area (Å²) in [5.41, 5.74) is 0.938. The van der Waals surface area contributed by atoms with E-state index in [0.717, 1.165) is 37.6 Å². The maximum absolute atomic E-state index is 12.5. The van der Waals surface area contributed by atoms with Gasteiger partial charge in [-0.15, -0.1) is 0 Å². The maximum Gasteiger partial charge on any atom is 0.250 e. The Kier molecular flexibility index (Phi) is 4.24. The van der Waals surface area contributed by atoms with Crippen LogP contribution in [0.15, 0.2) is 30.3 Å². The molecule has 1 aromatic carbocycles. The summed E-state index contributed by atoms with van der Waals surface area (Å²) in [6.45, 7) is 5.69. The molecule has 7 heteroatoms. The number of hydrogen-bond acceptors (Lipinski definition) is 5. The van der Waals surface area contributed by atoms with Crippen LogP contribution in [0.25, 0.3) is 5.69 Å². The van der Waals surface area contributed by atoms with Crippen LogP contribution in [-0.4, -0.2) is 48.0 Å². The number of anilines is 1. The topological polar surface area (TPSA) is 63.9 Å². The summed E-state index contributed by atoms with van der Waals surface area (Å²) in [4.78, 5) is 2.17. The van der Waals surface area contributed by atoms with Gasteiger partial charge in [-0.25, -0.2) is 0 Å². The third-order valence-corrected chi connectivity index (χ3v) is 6.76. The molecule has 1 aliphatic rings. The molecule has 0 amide bonds. The molecule has 1 atom stereocenters. The highest BCUT2D eigenvalue weighted by Gasteiger charge is 2.40. The minimum Gasteiger partial charge on any atom is -0.337 e. The van der Waals surface area contributed by atoms with Gasteiger partial charge in [0.1, 0.15) is 0 Å². The van der Waals surface area contributed by atoms with Crippen molar-refractivity contribution in [1.82, 2.24) is 20.2 Å². The van der Waals surface area contributed by atoms with Crippen LogP contribution in [0.2, 0.25) is 0 Å². The average Bonchev–Trinajstić information content (AvgIpc) is 3.06. The fourth-order valence-corrected chi connectivity index (χ4v) is 4.75. The molecular weight excluding hydrogens is 298 g/mol. The molecule has 3 rings (SSSR count). The monoisotopic (exact) mass is 319 g/mol. The van der Waals surface area contributed by atoms with Gasteiger partial charge < -0.3 is 4.90 Å². The minimum atomic E-state index is -0.790. The SMILES string of the molecule is CCC1(CC)CN(c2nnnn2-c2ccccc2)CCS1=O. The molecule has 2 heterocycles. The Bertz CT molecular complexity index is 653. The highest BCUT2D eigenvalue weighted by molar-refractivity contribution is 7.86. The largest absolute Gasteiger partial charge is 0.337 e. The molecule has 1 fully saturated rings. The van der Waals surface area contributed by atoms with Gasteiger partial charge in [-0.1, -0.05) is 37.1 Å². The van der Waals surface area contributed by atoms with Crippen LogP contribution in [0.5, 0.6) is 0 Å². The number of nitrogens with zero attached hydrogens (tertiary/aromatic N) is 5. The van der Waals surface area contributed by atoms with E-state index < -0.39 is 10.8 Å². The molecule has 1 aliphatic heterocycles.